The van der Waals surface area contributed by atoms with E-state index in [1.165, 1.54) is 0 Å². The molecule has 1 unspecified atom stereocenters. The molecule has 198 valence electrons. The predicted octanol–water partition coefficient (Wildman–Crippen LogP) is 4.27. The van der Waals surface area contributed by atoms with Crippen LogP contribution in [-0.2, 0) is 19.1 Å². The highest BCUT2D eigenvalue weighted by Crippen LogP contribution is 2.35. The largest absolute Gasteiger partial charge is 0.444 e. The fraction of sp³-hybridized carbons (Fsp3) is 0.448. The fourth-order valence-corrected chi connectivity index (χ4v) is 4.95. The average molecular weight is 518 g/mol. The topological polar surface area (TPSA) is 111 Å². The van der Waals surface area contributed by atoms with Crippen molar-refractivity contribution in [3.63, 3.8) is 0 Å². The molecule has 3 aromatic rings. The van der Waals surface area contributed by atoms with Crippen LogP contribution in [0.15, 0.2) is 34.9 Å². The molecule has 2 aliphatic rings. The molecular formula is C29H31N3O6. The SMILES string of the molecule is CC(C)(C)OC(=O)N1CCC(OCC#Cc2cccc3c2ccc2onc(C4CCC(=O)NC4=O)c23)CC1. The third-order valence-corrected chi connectivity index (χ3v) is 6.80. The van der Waals surface area contributed by atoms with Crippen molar-refractivity contribution in [3.8, 4) is 11.8 Å². The lowest BCUT2D eigenvalue weighted by Gasteiger charge is -2.33. The van der Waals surface area contributed by atoms with Gasteiger partial charge in [0, 0.05) is 25.1 Å². The summed E-state index contributed by atoms with van der Waals surface area (Å²) in [5, 5.41) is 9.19. The van der Waals surface area contributed by atoms with E-state index in [2.05, 4.69) is 22.3 Å². The molecule has 9 nitrogen and oxygen atoms in total. The minimum Gasteiger partial charge on any atom is -0.444 e. The van der Waals surface area contributed by atoms with Gasteiger partial charge in [-0.05, 0) is 69.0 Å². The molecule has 2 aromatic carbocycles. The van der Waals surface area contributed by atoms with Gasteiger partial charge in [0.05, 0.1) is 17.4 Å². The van der Waals surface area contributed by atoms with Crippen molar-refractivity contribution in [1.82, 2.24) is 15.4 Å². The van der Waals surface area contributed by atoms with Gasteiger partial charge in [-0.2, -0.15) is 0 Å². The quantitative estimate of drug-likeness (QED) is 0.408. The number of amides is 3. The van der Waals surface area contributed by atoms with Gasteiger partial charge in [0.25, 0.3) is 0 Å². The zero-order valence-corrected chi connectivity index (χ0v) is 21.8. The Labute approximate surface area is 220 Å². The number of benzene rings is 2. The first-order valence-electron chi connectivity index (χ1n) is 12.9. The Bertz CT molecular complexity index is 1450. The van der Waals surface area contributed by atoms with E-state index in [-0.39, 0.29) is 37.0 Å². The van der Waals surface area contributed by atoms with Crippen LogP contribution in [0.2, 0.25) is 0 Å². The summed E-state index contributed by atoms with van der Waals surface area (Å²) in [6.45, 7) is 7.07. The Morgan fingerprint density at radius 2 is 1.92 bits per heavy atom. The summed E-state index contributed by atoms with van der Waals surface area (Å²) in [6, 6.07) is 9.60. The van der Waals surface area contributed by atoms with E-state index in [0.29, 0.717) is 30.8 Å². The maximum absolute atomic E-state index is 12.5. The first kappa shape index (κ1) is 25.7. The van der Waals surface area contributed by atoms with Crippen LogP contribution in [0.4, 0.5) is 4.79 Å². The second-order valence-corrected chi connectivity index (χ2v) is 10.7. The maximum Gasteiger partial charge on any atom is 0.410 e. The molecular weight excluding hydrogens is 486 g/mol. The number of carbonyl (C=O) groups excluding carboxylic acids is 3. The fourth-order valence-electron chi connectivity index (χ4n) is 4.95. The van der Waals surface area contributed by atoms with Crippen LogP contribution in [-0.4, -0.2) is 59.4 Å². The molecule has 0 spiro atoms. The number of imide groups is 1. The van der Waals surface area contributed by atoms with E-state index in [1.807, 2.05) is 51.1 Å². The van der Waals surface area contributed by atoms with E-state index in [0.717, 1.165) is 34.6 Å². The van der Waals surface area contributed by atoms with Crippen molar-refractivity contribution >= 4 is 39.6 Å². The number of likely N-dealkylation sites (tertiary alicyclic amines) is 1. The van der Waals surface area contributed by atoms with Gasteiger partial charge < -0.3 is 18.9 Å². The van der Waals surface area contributed by atoms with E-state index in [9.17, 15) is 14.4 Å². The Balaban J connectivity index is 1.26. The number of fused-ring (bicyclic) bond motifs is 3. The molecule has 2 saturated heterocycles. The Hall–Kier alpha value is -3.90. The highest BCUT2D eigenvalue weighted by molar-refractivity contribution is 6.11. The number of ether oxygens (including phenoxy) is 2. The van der Waals surface area contributed by atoms with Crippen molar-refractivity contribution in [2.75, 3.05) is 19.7 Å². The molecule has 0 aliphatic carbocycles. The van der Waals surface area contributed by atoms with E-state index in [4.69, 9.17) is 14.0 Å². The number of hydrogen-bond donors (Lipinski definition) is 1. The zero-order valence-electron chi connectivity index (χ0n) is 21.8. The van der Waals surface area contributed by atoms with E-state index in [1.54, 1.807) is 4.90 Å². The third kappa shape index (κ3) is 5.50. The molecule has 9 heteroatoms. The predicted molar refractivity (Wildman–Crippen MR) is 140 cm³/mol. The number of aromatic nitrogens is 1. The van der Waals surface area contributed by atoms with Gasteiger partial charge >= 0.3 is 6.09 Å². The monoisotopic (exact) mass is 517 g/mol. The van der Waals surface area contributed by atoms with Crippen LogP contribution >= 0.6 is 0 Å². The van der Waals surface area contributed by atoms with Crippen molar-refractivity contribution in [2.24, 2.45) is 0 Å². The molecule has 3 heterocycles. The van der Waals surface area contributed by atoms with Crippen molar-refractivity contribution in [3.05, 3.63) is 41.6 Å². The molecule has 1 N–H and O–H groups in total. The standard InChI is InChI=1S/C29H31N3O6/c1-29(2,3)37-28(35)32-15-13-19(14-16-32)36-17-5-7-18-6-4-8-21-20(18)9-11-23-25(21)26(31-38-23)22-10-12-24(33)30-27(22)34/h4,6,8-9,11,19,22H,10,12-17H2,1-3H3,(H,30,33,34). The van der Waals surface area contributed by atoms with Crippen LogP contribution in [0.3, 0.4) is 0 Å². The Morgan fingerprint density at radius 1 is 1.13 bits per heavy atom. The number of rotatable bonds is 3. The average Bonchev–Trinajstić information content (AvgIpc) is 3.30. The van der Waals surface area contributed by atoms with Gasteiger partial charge in [0.2, 0.25) is 11.8 Å². The molecule has 2 fully saturated rings. The minimum atomic E-state index is -0.538. The molecule has 0 bridgehead atoms. The summed E-state index contributed by atoms with van der Waals surface area (Å²) in [7, 11) is 0. The zero-order chi connectivity index (χ0) is 26.9. The smallest absolute Gasteiger partial charge is 0.410 e. The van der Waals surface area contributed by atoms with Gasteiger partial charge in [0.15, 0.2) is 5.58 Å². The molecule has 1 atom stereocenters. The first-order chi connectivity index (χ1) is 18.2. The summed E-state index contributed by atoms with van der Waals surface area (Å²) < 4.78 is 17.0. The van der Waals surface area contributed by atoms with Gasteiger partial charge in [-0.25, -0.2) is 4.79 Å². The summed E-state index contributed by atoms with van der Waals surface area (Å²) in [6.07, 6.45) is 1.91. The highest BCUT2D eigenvalue weighted by atomic mass is 16.6. The molecule has 0 radical (unpaired) electrons. The van der Waals surface area contributed by atoms with Crippen LogP contribution in [0.1, 0.15) is 63.6 Å². The van der Waals surface area contributed by atoms with Crippen molar-refractivity contribution in [1.29, 1.82) is 0 Å². The lowest BCUT2D eigenvalue weighted by atomic mass is 9.90. The summed E-state index contributed by atoms with van der Waals surface area (Å²) in [4.78, 5) is 38.1. The number of nitrogens with zero attached hydrogens (tertiary/aromatic N) is 2. The Morgan fingerprint density at radius 3 is 2.66 bits per heavy atom. The molecule has 2 aliphatic heterocycles. The van der Waals surface area contributed by atoms with Gasteiger partial charge in [0.1, 0.15) is 17.9 Å². The van der Waals surface area contributed by atoms with Crippen LogP contribution < -0.4 is 5.32 Å². The molecule has 1 aromatic heterocycles. The Kier molecular flexibility index (Phi) is 7.09. The van der Waals surface area contributed by atoms with Crippen LogP contribution in [0.5, 0.6) is 0 Å². The summed E-state index contributed by atoms with van der Waals surface area (Å²) in [5.41, 5.74) is 1.46. The summed E-state index contributed by atoms with van der Waals surface area (Å²) >= 11 is 0. The van der Waals surface area contributed by atoms with Crippen molar-refractivity contribution < 1.29 is 28.4 Å². The third-order valence-electron chi connectivity index (χ3n) is 6.80. The normalized spacial score (nSPS) is 18.8. The van der Waals surface area contributed by atoms with Gasteiger partial charge in [-0.1, -0.05) is 29.1 Å². The number of carbonyl (C=O) groups is 3. The van der Waals surface area contributed by atoms with Crippen LogP contribution in [0.25, 0.3) is 21.7 Å². The lowest BCUT2D eigenvalue weighted by Crippen LogP contribution is -2.43. The van der Waals surface area contributed by atoms with Gasteiger partial charge in [-0.3, -0.25) is 14.9 Å². The number of piperidine rings is 2. The minimum absolute atomic E-state index is 0.0446. The molecule has 5 rings (SSSR count). The highest BCUT2D eigenvalue weighted by Gasteiger charge is 2.32. The second kappa shape index (κ2) is 10.5. The molecule has 38 heavy (non-hydrogen) atoms. The molecule has 3 amide bonds. The second-order valence-electron chi connectivity index (χ2n) is 10.7. The lowest BCUT2D eigenvalue weighted by molar-refractivity contribution is -0.134. The van der Waals surface area contributed by atoms with Gasteiger partial charge in [-0.15, -0.1) is 0 Å². The number of hydrogen-bond acceptors (Lipinski definition) is 7. The maximum atomic E-state index is 12.5. The van der Waals surface area contributed by atoms with E-state index >= 15 is 0 Å². The number of nitrogens with one attached hydrogen (secondary N) is 1. The summed E-state index contributed by atoms with van der Waals surface area (Å²) in [5.74, 6) is 5.18. The van der Waals surface area contributed by atoms with Crippen LogP contribution in [0, 0.1) is 11.8 Å². The van der Waals surface area contributed by atoms with Crippen molar-refractivity contribution in [2.45, 2.75) is 64.1 Å². The first-order valence-corrected chi connectivity index (χ1v) is 12.9. The van der Waals surface area contributed by atoms with E-state index < -0.39 is 11.5 Å². The molecule has 0 saturated carbocycles.